The molecule has 0 amide bonds. The molecule has 1 unspecified atom stereocenters. The van der Waals surface area contributed by atoms with Gasteiger partial charge >= 0.3 is 0 Å². The van der Waals surface area contributed by atoms with Crippen LogP contribution in [0.25, 0.3) is 0 Å². The Labute approximate surface area is 131 Å². The standard InChI is InChI=1S/C16H17Br2N/c1-9-4-11(3)15(5-10(9)2)16(19)12-6-13(17)8-14(18)7-12/h4-8,16H,19H2,1-3H3. The quantitative estimate of drug-likeness (QED) is 0.760. The molecule has 2 rings (SSSR count). The van der Waals surface area contributed by atoms with E-state index in [1.165, 1.54) is 22.3 Å². The van der Waals surface area contributed by atoms with Gasteiger partial charge in [0.2, 0.25) is 0 Å². The highest BCUT2D eigenvalue weighted by atomic mass is 79.9. The number of halogens is 2. The van der Waals surface area contributed by atoms with Crippen molar-refractivity contribution in [2.45, 2.75) is 26.8 Å². The monoisotopic (exact) mass is 381 g/mol. The van der Waals surface area contributed by atoms with E-state index in [4.69, 9.17) is 5.73 Å². The lowest BCUT2D eigenvalue weighted by atomic mass is 9.92. The molecule has 3 heteroatoms. The summed E-state index contributed by atoms with van der Waals surface area (Å²) in [5.41, 5.74) is 12.6. The number of benzene rings is 2. The molecule has 0 aliphatic carbocycles. The number of hydrogen-bond donors (Lipinski definition) is 1. The first-order valence-electron chi connectivity index (χ1n) is 6.18. The van der Waals surface area contributed by atoms with Crippen molar-refractivity contribution < 1.29 is 0 Å². The van der Waals surface area contributed by atoms with Gasteiger partial charge in [-0.05, 0) is 66.8 Å². The van der Waals surface area contributed by atoms with E-state index in [-0.39, 0.29) is 6.04 Å². The second kappa shape index (κ2) is 5.78. The molecule has 2 aromatic carbocycles. The van der Waals surface area contributed by atoms with E-state index < -0.39 is 0 Å². The van der Waals surface area contributed by atoms with E-state index in [2.05, 4.69) is 76.9 Å². The van der Waals surface area contributed by atoms with Crippen molar-refractivity contribution in [3.8, 4) is 0 Å². The van der Waals surface area contributed by atoms with E-state index in [1.54, 1.807) is 0 Å². The molecule has 0 spiro atoms. The van der Waals surface area contributed by atoms with Crippen molar-refractivity contribution in [2.75, 3.05) is 0 Å². The predicted octanol–water partition coefficient (Wildman–Crippen LogP) is 5.18. The van der Waals surface area contributed by atoms with Crippen molar-refractivity contribution in [3.05, 3.63) is 67.1 Å². The Hall–Kier alpha value is -0.640. The fourth-order valence-electron chi connectivity index (χ4n) is 2.25. The van der Waals surface area contributed by atoms with Gasteiger partial charge in [-0.2, -0.15) is 0 Å². The van der Waals surface area contributed by atoms with Crippen molar-refractivity contribution in [3.63, 3.8) is 0 Å². The number of aryl methyl sites for hydroxylation is 3. The van der Waals surface area contributed by atoms with Gasteiger partial charge in [-0.15, -0.1) is 0 Å². The van der Waals surface area contributed by atoms with Crippen LogP contribution in [0.15, 0.2) is 39.3 Å². The Bertz CT molecular complexity index is 600. The maximum absolute atomic E-state index is 6.43. The summed E-state index contributed by atoms with van der Waals surface area (Å²) in [5.74, 6) is 0. The summed E-state index contributed by atoms with van der Waals surface area (Å²) in [4.78, 5) is 0. The Kier molecular flexibility index (Phi) is 4.49. The summed E-state index contributed by atoms with van der Waals surface area (Å²) >= 11 is 7.03. The summed E-state index contributed by atoms with van der Waals surface area (Å²) in [5, 5.41) is 0. The van der Waals surface area contributed by atoms with Crippen molar-refractivity contribution >= 4 is 31.9 Å². The van der Waals surface area contributed by atoms with Crippen LogP contribution in [0.1, 0.15) is 33.9 Å². The van der Waals surface area contributed by atoms with Crippen LogP contribution in [-0.4, -0.2) is 0 Å². The molecule has 100 valence electrons. The normalized spacial score (nSPS) is 12.5. The molecule has 1 atom stereocenters. The molecule has 0 radical (unpaired) electrons. The largest absolute Gasteiger partial charge is 0.320 e. The molecular weight excluding hydrogens is 366 g/mol. The van der Waals surface area contributed by atoms with E-state index in [0.29, 0.717) is 0 Å². The summed E-state index contributed by atoms with van der Waals surface area (Å²) in [6, 6.07) is 10.5. The molecule has 0 heterocycles. The smallest absolute Gasteiger partial charge is 0.0555 e. The van der Waals surface area contributed by atoms with Crippen molar-refractivity contribution in [1.29, 1.82) is 0 Å². The van der Waals surface area contributed by atoms with E-state index in [0.717, 1.165) is 14.5 Å². The SMILES string of the molecule is Cc1cc(C)c(C(N)c2cc(Br)cc(Br)c2)cc1C. The number of rotatable bonds is 2. The van der Waals surface area contributed by atoms with Crippen molar-refractivity contribution in [1.82, 2.24) is 0 Å². The first-order chi connectivity index (χ1) is 8.88. The highest BCUT2D eigenvalue weighted by Crippen LogP contribution is 2.29. The van der Waals surface area contributed by atoms with E-state index in [1.807, 2.05) is 6.07 Å². The first-order valence-corrected chi connectivity index (χ1v) is 7.76. The predicted molar refractivity (Wildman–Crippen MR) is 88.5 cm³/mol. The van der Waals surface area contributed by atoms with Gasteiger partial charge in [-0.25, -0.2) is 0 Å². The van der Waals surface area contributed by atoms with Crippen LogP contribution >= 0.6 is 31.9 Å². The fourth-order valence-corrected chi connectivity index (χ4v) is 3.58. The lowest BCUT2D eigenvalue weighted by Crippen LogP contribution is -2.14. The van der Waals surface area contributed by atoms with Crippen LogP contribution in [0.5, 0.6) is 0 Å². The molecular formula is C16H17Br2N. The van der Waals surface area contributed by atoms with Crippen LogP contribution in [0.2, 0.25) is 0 Å². The maximum atomic E-state index is 6.43. The molecule has 19 heavy (non-hydrogen) atoms. The highest BCUT2D eigenvalue weighted by Gasteiger charge is 2.13. The van der Waals surface area contributed by atoms with Gasteiger partial charge in [0.25, 0.3) is 0 Å². The van der Waals surface area contributed by atoms with Crippen LogP contribution in [-0.2, 0) is 0 Å². The van der Waals surface area contributed by atoms with Gasteiger partial charge in [0.05, 0.1) is 6.04 Å². The molecule has 2 N–H and O–H groups in total. The zero-order chi connectivity index (χ0) is 14.2. The Balaban J connectivity index is 2.49. The molecule has 0 fully saturated rings. The van der Waals surface area contributed by atoms with Gasteiger partial charge < -0.3 is 5.73 Å². The zero-order valence-corrected chi connectivity index (χ0v) is 14.5. The third-order valence-electron chi connectivity index (χ3n) is 3.46. The van der Waals surface area contributed by atoms with Gasteiger partial charge in [0.15, 0.2) is 0 Å². The molecule has 0 bridgehead atoms. The molecule has 0 aliphatic heterocycles. The number of nitrogens with two attached hydrogens (primary N) is 1. The maximum Gasteiger partial charge on any atom is 0.0555 e. The van der Waals surface area contributed by atoms with E-state index in [9.17, 15) is 0 Å². The zero-order valence-electron chi connectivity index (χ0n) is 11.3. The fraction of sp³-hybridized carbons (Fsp3) is 0.250. The number of hydrogen-bond acceptors (Lipinski definition) is 1. The van der Waals surface area contributed by atoms with Gasteiger partial charge in [0, 0.05) is 8.95 Å². The molecule has 0 aromatic heterocycles. The van der Waals surface area contributed by atoms with Gasteiger partial charge in [-0.3, -0.25) is 0 Å². The lowest BCUT2D eigenvalue weighted by molar-refractivity contribution is 0.856. The van der Waals surface area contributed by atoms with Crippen molar-refractivity contribution in [2.24, 2.45) is 5.73 Å². The van der Waals surface area contributed by atoms with Crippen LogP contribution in [0.3, 0.4) is 0 Å². The Morgan fingerprint density at radius 3 is 1.89 bits per heavy atom. The summed E-state index contributed by atoms with van der Waals surface area (Å²) < 4.78 is 2.07. The Morgan fingerprint density at radius 2 is 1.32 bits per heavy atom. The second-order valence-electron chi connectivity index (χ2n) is 4.97. The third kappa shape index (κ3) is 3.28. The molecule has 0 saturated carbocycles. The minimum absolute atomic E-state index is 0.104. The molecule has 2 aromatic rings. The molecule has 0 aliphatic rings. The minimum Gasteiger partial charge on any atom is -0.320 e. The van der Waals surface area contributed by atoms with Crippen LogP contribution in [0.4, 0.5) is 0 Å². The van der Waals surface area contributed by atoms with Crippen LogP contribution < -0.4 is 5.73 Å². The highest BCUT2D eigenvalue weighted by molar-refractivity contribution is 9.11. The van der Waals surface area contributed by atoms with Crippen LogP contribution in [0, 0.1) is 20.8 Å². The summed E-state index contributed by atoms with van der Waals surface area (Å²) in [7, 11) is 0. The molecule has 0 saturated heterocycles. The lowest BCUT2D eigenvalue weighted by Gasteiger charge is -2.18. The second-order valence-corrected chi connectivity index (χ2v) is 6.80. The Morgan fingerprint density at radius 1 is 0.789 bits per heavy atom. The molecule has 1 nitrogen and oxygen atoms in total. The average Bonchev–Trinajstić information content (AvgIpc) is 2.31. The first kappa shape index (κ1) is 14.8. The summed E-state index contributed by atoms with van der Waals surface area (Å²) in [6.45, 7) is 6.38. The summed E-state index contributed by atoms with van der Waals surface area (Å²) in [6.07, 6.45) is 0. The van der Waals surface area contributed by atoms with E-state index >= 15 is 0 Å². The third-order valence-corrected chi connectivity index (χ3v) is 4.38. The average molecular weight is 383 g/mol. The van der Waals surface area contributed by atoms with Gasteiger partial charge in [0.1, 0.15) is 0 Å². The topological polar surface area (TPSA) is 26.0 Å². The van der Waals surface area contributed by atoms with Gasteiger partial charge in [-0.1, -0.05) is 44.0 Å². The minimum atomic E-state index is -0.104.